The molecule has 0 aliphatic carbocycles. The van der Waals surface area contributed by atoms with E-state index >= 15 is 0 Å². The summed E-state index contributed by atoms with van der Waals surface area (Å²) in [5, 5.41) is 11.9. The zero-order chi connectivity index (χ0) is 13.0. The van der Waals surface area contributed by atoms with Crippen molar-refractivity contribution in [3.63, 3.8) is 0 Å². The van der Waals surface area contributed by atoms with Gasteiger partial charge in [-0.05, 0) is 17.5 Å². The van der Waals surface area contributed by atoms with Crippen LogP contribution >= 0.6 is 0 Å². The Morgan fingerprint density at radius 2 is 1.68 bits per heavy atom. The Morgan fingerprint density at radius 3 is 2.42 bits per heavy atom. The van der Waals surface area contributed by atoms with Crippen LogP contribution in [-0.4, -0.2) is 11.9 Å². The van der Waals surface area contributed by atoms with E-state index in [4.69, 9.17) is 4.74 Å². The smallest absolute Gasteiger partial charge is 0.545 e. The van der Waals surface area contributed by atoms with Crippen molar-refractivity contribution in [2.24, 2.45) is 0 Å². The van der Waals surface area contributed by atoms with E-state index in [0.717, 1.165) is 16.8 Å². The van der Waals surface area contributed by atoms with Gasteiger partial charge in [0.15, 0.2) is 0 Å². The molecule has 4 nitrogen and oxygen atoms in total. The Kier molecular flexibility index (Phi) is 5.76. The normalized spacial score (nSPS) is 10.1. The molecule has 0 bridgehead atoms. The number of aliphatic carboxylic acids is 1. The third-order valence-corrected chi connectivity index (χ3v) is 2.32. The number of benzene rings is 2. The summed E-state index contributed by atoms with van der Waals surface area (Å²) in [7, 11) is 0. The number of hydrogen-bond acceptors (Lipinski definition) is 4. The van der Waals surface area contributed by atoms with Crippen LogP contribution in [0.3, 0.4) is 0 Å². The van der Waals surface area contributed by atoms with Gasteiger partial charge in [-0.2, -0.15) is 0 Å². The summed E-state index contributed by atoms with van der Waals surface area (Å²) >= 11 is 0. The molecular weight excluding hydrogens is 255 g/mol. The van der Waals surface area contributed by atoms with E-state index in [1.54, 1.807) is 12.1 Å². The van der Waals surface area contributed by atoms with Crippen molar-refractivity contribution in [1.29, 1.82) is 0 Å². The van der Waals surface area contributed by atoms with E-state index in [2.05, 4.69) is 0 Å². The first-order valence-electron chi connectivity index (χ1n) is 5.25. The van der Waals surface area contributed by atoms with E-state index in [1.807, 2.05) is 30.3 Å². The minimum absolute atomic E-state index is 0. The van der Waals surface area contributed by atoms with Crippen LogP contribution in [0.1, 0.15) is 0 Å². The molecule has 90 valence electrons. The quantitative estimate of drug-likeness (QED) is 0.280. The SMILES string of the molecule is O=C([O-])/C=C/C(=O)Oc1cccc2ccccc12.[Na+]. The molecule has 0 aromatic heterocycles. The maximum atomic E-state index is 11.4. The summed E-state index contributed by atoms with van der Waals surface area (Å²) in [6.45, 7) is 0. The fourth-order valence-electron chi connectivity index (χ4n) is 1.56. The van der Waals surface area contributed by atoms with Gasteiger partial charge in [-0.25, -0.2) is 4.79 Å². The third-order valence-electron chi connectivity index (χ3n) is 2.32. The van der Waals surface area contributed by atoms with Gasteiger partial charge in [0.1, 0.15) is 5.75 Å². The Bertz CT molecular complexity index is 629. The predicted octanol–water partition coefficient (Wildman–Crippen LogP) is -1.94. The molecule has 0 aliphatic heterocycles. The van der Waals surface area contributed by atoms with Crippen LogP contribution in [0.5, 0.6) is 5.75 Å². The molecule has 2 aromatic carbocycles. The number of carbonyl (C=O) groups excluding carboxylic acids is 2. The largest absolute Gasteiger partial charge is 1.00 e. The van der Waals surface area contributed by atoms with Gasteiger partial charge in [0.05, 0.1) is 5.97 Å². The molecule has 19 heavy (non-hydrogen) atoms. The number of carboxylic acid groups (broad SMARTS) is 1. The van der Waals surface area contributed by atoms with Gasteiger partial charge >= 0.3 is 35.5 Å². The number of carboxylic acids is 1. The van der Waals surface area contributed by atoms with Crippen molar-refractivity contribution in [2.75, 3.05) is 0 Å². The number of carbonyl (C=O) groups is 2. The maximum absolute atomic E-state index is 11.4. The molecule has 0 heterocycles. The van der Waals surface area contributed by atoms with Crippen molar-refractivity contribution in [3.05, 3.63) is 54.6 Å². The molecule has 0 saturated heterocycles. The minimum Gasteiger partial charge on any atom is -0.545 e. The number of rotatable bonds is 3. The van der Waals surface area contributed by atoms with E-state index in [9.17, 15) is 14.7 Å². The van der Waals surface area contributed by atoms with Crippen molar-refractivity contribution >= 4 is 22.7 Å². The summed E-state index contributed by atoms with van der Waals surface area (Å²) < 4.78 is 5.06. The summed E-state index contributed by atoms with van der Waals surface area (Å²) in [6.07, 6.45) is 1.45. The topological polar surface area (TPSA) is 66.4 Å². The zero-order valence-corrected chi connectivity index (χ0v) is 12.3. The zero-order valence-electron chi connectivity index (χ0n) is 10.3. The molecule has 5 heteroatoms. The summed E-state index contributed by atoms with van der Waals surface area (Å²) in [5.74, 6) is -1.80. The second-order valence-electron chi connectivity index (χ2n) is 3.55. The summed E-state index contributed by atoms with van der Waals surface area (Å²) in [6, 6.07) is 12.7. The van der Waals surface area contributed by atoms with Gasteiger partial charge in [0, 0.05) is 11.5 Å². The Balaban J connectivity index is 0.00000180. The minimum atomic E-state index is -1.44. The molecular formula is C14H9NaO4. The molecule has 0 aliphatic rings. The van der Waals surface area contributed by atoms with Crippen LogP contribution in [0.15, 0.2) is 54.6 Å². The van der Waals surface area contributed by atoms with Crippen LogP contribution < -0.4 is 39.4 Å². The summed E-state index contributed by atoms with van der Waals surface area (Å²) in [4.78, 5) is 21.5. The van der Waals surface area contributed by atoms with E-state index in [1.165, 1.54) is 0 Å². The van der Waals surface area contributed by atoms with Gasteiger partial charge < -0.3 is 14.6 Å². The molecule has 0 atom stereocenters. The molecule has 0 saturated carbocycles. The Labute approximate surface area is 132 Å². The molecule has 0 unspecified atom stereocenters. The van der Waals surface area contributed by atoms with Crippen LogP contribution in [0.25, 0.3) is 10.8 Å². The standard InChI is InChI=1S/C14H10O4.Na/c15-13(16)8-9-14(17)18-12-7-3-5-10-4-1-2-6-11(10)12;/h1-9H,(H,15,16);/q;+1/p-1/b9-8+;. The van der Waals surface area contributed by atoms with Crippen LogP contribution in [0, 0.1) is 0 Å². The van der Waals surface area contributed by atoms with Gasteiger partial charge in [-0.15, -0.1) is 0 Å². The number of esters is 1. The number of hydrogen-bond donors (Lipinski definition) is 0. The molecule has 0 amide bonds. The van der Waals surface area contributed by atoms with Gasteiger partial charge in [0.2, 0.25) is 0 Å². The Hall–Kier alpha value is -1.62. The predicted molar refractivity (Wildman–Crippen MR) is 63.7 cm³/mol. The first-order chi connectivity index (χ1) is 8.66. The van der Waals surface area contributed by atoms with Crippen LogP contribution in [-0.2, 0) is 9.59 Å². The average Bonchev–Trinajstić information content (AvgIpc) is 2.37. The van der Waals surface area contributed by atoms with Crippen LogP contribution in [0.2, 0.25) is 0 Å². The van der Waals surface area contributed by atoms with Crippen molar-refractivity contribution in [3.8, 4) is 5.75 Å². The second-order valence-corrected chi connectivity index (χ2v) is 3.55. The molecule has 2 aromatic rings. The first-order valence-corrected chi connectivity index (χ1v) is 5.25. The molecule has 0 radical (unpaired) electrons. The number of ether oxygens (including phenoxy) is 1. The van der Waals surface area contributed by atoms with E-state index in [0.29, 0.717) is 11.8 Å². The molecule has 0 N–H and O–H groups in total. The fourth-order valence-corrected chi connectivity index (χ4v) is 1.56. The summed E-state index contributed by atoms with van der Waals surface area (Å²) in [5.41, 5.74) is 0. The van der Waals surface area contributed by atoms with Gasteiger partial charge in [0.25, 0.3) is 0 Å². The average molecular weight is 264 g/mol. The molecule has 0 fully saturated rings. The van der Waals surface area contributed by atoms with Crippen molar-refractivity contribution in [2.45, 2.75) is 0 Å². The first kappa shape index (κ1) is 15.4. The fraction of sp³-hybridized carbons (Fsp3) is 0. The van der Waals surface area contributed by atoms with Crippen molar-refractivity contribution < 1.29 is 49.0 Å². The van der Waals surface area contributed by atoms with Crippen molar-refractivity contribution in [1.82, 2.24) is 0 Å². The van der Waals surface area contributed by atoms with Crippen LogP contribution in [0.4, 0.5) is 0 Å². The Morgan fingerprint density at radius 1 is 1.00 bits per heavy atom. The number of fused-ring (bicyclic) bond motifs is 1. The maximum Gasteiger partial charge on any atom is 1.00 e. The van der Waals surface area contributed by atoms with E-state index < -0.39 is 11.9 Å². The van der Waals surface area contributed by atoms with E-state index in [-0.39, 0.29) is 29.6 Å². The second kappa shape index (κ2) is 7.09. The third kappa shape index (κ3) is 4.21. The molecule has 2 rings (SSSR count). The monoisotopic (exact) mass is 264 g/mol. The van der Waals surface area contributed by atoms with Gasteiger partial charge in [-0.1, -0.05) is 36.4 Å². The molecule has 0 spiro atoms. The van der Waals surface area contributed by atoms with Gasteiger partial charge in [-0.3, -0.25) is 0 Å².